The van der Waals surface area contributed by atoms with Gasteiger partial charge in [-0.05, 0) is 37.9 Å². The fourth-order valence-corrected chi connectivity index (χ4v) is 2.74. The molecule has 18 heavy (non-hydrogen) atoms. The normalized spacial score (nSPS) is 17.6. The van der Waals surface area contributed by atoms with E-state index in [0.717, 1.165) is 30.6 Å². The average Bonchev–Trinajstić information content (AvgIpc) is 2.75. The third-order valence-electron chi connectivity index (χ3n) is 3.32. The number of unbranched alkanes of at least 4 members (excludes halogenated alkanes) is 2. The van der Waals surface area contributed by atoms with Crippen molar-refractivity contribution in [2.75, 3.05) is 18.4 Å². The molecule has 1 heterocycles. The highest BCUT2D eigenvalue weighted by Gasteiger charge is 2.21. The number of rotatable bonds is 7. The predicted molar refractivity (Wildman–Crippen MR) is 79.8 cm³/mol. The number of benzene rings is 1. The van der Waals surface area contributed by atoms with E-state index in [2.05, 4.69) is 46.4 Å². The minimum absolute atomic E-state index is 0.318. The highest BCUT2D eigenvalue weighted by molar-refractivity contribution is 9.09. The highest BCUT2D eigenvalue weighted by atomic mass is 79.9. The first-order chi connectivity index (χ1) is 8.79. The molecular weight excluding hydrogens is 290 g/mol. The van der Waals surface area contributed by atoms with Crippen LogP contribution in [0.3, 0.4) is 0 Å². The maximum absolute atomic E-state index is 5.92. The molecule has 0 amide bonds. The lowest BCUT2D eigenvalue weighted by molar-refractivity contribution is 0.227. The second kappa shape index (κ2) is 7.15. The van der Waals surface area contributed by atoms with Crippen LogP contribution in [-0.4, -0.2) is 24.5 Å². The molecule has 1 unspecified atom stereocenters. The van der Waals surface area contributed by atoms with Crippen molar-refractivity contribution in [1.29, 1.82) is 0 Å². The molecule has 1 N–H and O–H groups in total. The minimum Gasteiger partial charge on any atom is -0.488 e. The molecule has 1 aromatic rings. The first kappa shape index (κ1) is 13.9. The number of fused-ring (bicyclic) bond motifs is 1. The van der Waals surface area contributed by atoms with Crippen molar-refractivity contribution in [2.24, 2.45) is 0 Å². The van der Waals surface area contributed by atoms with Gasteiger partial charge in [-0.1, -0.05) is 40.0 Å². The molecule has 1 atom stereocenters. The Bertz CT molecular complexity index is 381. The summed E-state index contributed by atoms with van der Waals surface area (Å²) >= 11 is 3.45. The second-order valence-electron chi connectivity index (χ2n) is 5.01. The Morgan fingerprint density at radius 1 is 1.33 bits per heavy atom. The Hall–Kier alpha value is -0.540. The van der Waals surface area contributed by atoms with Gasteiger partial charge in [0.15, 0.2) is 0 Å². The minimum atomic E-state index is 0.318. The summed E-state index contributed by atoms with van der Waals surface area (Å²) in [6, 6.07) is 6.46. The van der Waals surface area contributed by atoms with Gasteiger partial charge in [-0.15, -0.1) is 0 Å². The van der Waals surface area contributed by atoms with Gasteiger partial charge in [-0.25, -0.2) is 0 Å². The first-order valence-corrected chi connectivity index (χ1v) is 7.94. The van der Waals surface area contributed by atoms with E-state index in [4.69, 9.17) is 4.74 Å². The summed E-state index contributed by atoms with van der Waals surface area (Å²) < 4.78 is 5.92. The van der Waals surface area contributed by atoms with Crippen LogP contribution in [0.4, 0.5) is 0 Å². The van der Waals surface area contributed by atoms with E-state index in [0.29, 0.717) is 6.10 Å². The van der Waals surface area contributed by atoms with Crippen LogP contribution in [-0.2, 0) is 6.42 Å². The van der Waals surface area contributed by atoms with E-state index >= 15 is 0 Å². The molecule has 0 saturated heterocycles. The maximum atomic E-state index is 5.92. The van der Waals surface area contributed by atoms with Gasteiger partial charge in [0.1, 0.15) is 11.9 Å². The number of aryl methyl sites for hydroxylation is 1. The molecular formula is C15H22BrNO. The SMILES string of the molecule is Cc1ccc2c(c1)CC(CNCCCCCBr)O2. The predicted octanol–water partition coefficient (Wildman–Crippen LogP) is 3.45. The van der Waals surface area contributed by atoms with Crippen LogP contribution in [0.1, 0.15) is 30.4 Å². The van der Waals surface area contributed by atoms with E-state index in [1.807, 2.05) is 0 Å². The summed E-state index contributed by atoms with van der Waals surface area (Å²) in [4.78, 5) is 0. The number of hydrogen-bond donors (Lipinski definition) is 1. The molecule has 1 aliphatic heterocycles. The summed E-state index contributed by atoms with van der Waals surface area (Å²) in [7, 11) is 0. The van der Waals surface area contributed by atoms with E-state index < -0.39 is 0 Å². The Kier molecular flexibility index (Phi) is 5.51. The molecule has 0 aromatic heterocycles. The monoisotopic (exact) mass is 311 g/mol. The number of nitrogens with one attached hydrogen (secondary N) is 1. The van der Waals surface area contributed by atoms with Gasteiger partial charge in [0.05, 0.1) is 0 Å². The lowest BCUT2D eigenvalue weighted by Gasteiger charge is -2.11. The Labute approximate surface area is 118 Å². The van der Waals surface area contributed by atoms with Crippen LogP contribution in [0.15, 0.2) is 18.2 Å². The molecule has 0 fully saturated rings. The van der Waals surface area contributed by atoms with Gasteiger partial charge in [-0.3, -0.25) is 0 Å². The Balaban J connectivity index is 1.65. The van der Waals surface area contributed by atoms with E-state index in [-0.39, 0.29) is 0 Å². The summed E-state index contributed by atoms with van der Waals surface area (Å²) in [5, 5.41) is 4.61. The third kappa shape index (κ3) is 3.99. The molecule has 1 aliphatic rings. The zero-order chi connectivity index (χ0) is 12.8. The smallest absolute Gasteiger partial charge is 0.123 e. The zero-order valence-electron chi connectivity index (χ0n) is 11.0. The summed E-state index contributed by atoms with van der Waals surface area (Å²) in [6.45, 7) is 4.19. The van der Waals surface area contributed by atoms with Crippen LogP contribution < -0.4 is 10.1 Å². The van der Waals surface area contributed by atoms with E-state index in [1.54, 1.807) is 0 Å². The van der Waals surface area contributed by atoms with Crippen molar-refractivity contribution in [3.05, 3.63) is 29.3 Å². The molecule has 1 aromatic carbocycles. The van der Waals surface area contributed by atoms with Crippen molar-refractivity contribution in [2.45, 2.75) is 38.7 Å². The molecule has 0 radical (unpaired) electrons. The van der Waals surface area contributed by atoms with Crippen molar-refractivity contribution in [3.8, 4) is 5.75 Å². The van der Waals surface area contributed by atoms with Gasteiger partial charge in [-0.2, -0.15) is 0 Å². The van der Waals surface area contributed by atoms with Crippen LogP contribution in [0.5, 0.6) is 5.75 Å². The van der Waals surface area contributed by atoms with Gasteiger partial charge in [0.25, 0.3) is 0 Å². The topological polar surface area (TPSA) is 21.3 Å². The number of hydrogen-bond acceptors (Lipinski definition) is 2. The van der Waals surface area contributed by atoms with Crippen LogP contribution in [0, 0.1) is 6.92 Å². The van der Waals surface area contributed by atoms with Crippen molar-refractivity contribution < 1.29 is 4.74 Å². The first-order valence-electron chi connectivity index (χ1n) is 6.82. The van der Waals surface area contributed by atoms with Crippen LogP contribution in [0.25, 0.3) is 0 Å². The second-order valence-corrected chi connectivity index (χ2v) is 5.80. The van der Waals surface area contributed by atoms with Crippen molar-refractivity contribution >= 4 is 15.9 Å². The standard InChI is InChI=1S/C15H22BrNO/c1-12-5-6-15-13(9-12)10-14(18-15)11-17-8-4-2-3-7-16/h5-6,9,14,17H,2-4,7-8,10-11H2,1H3. The number of ether oxygens (including phenoxy) is 1. The van der Waals surface area contributed by atoms with Crippen molar-refractivity contribution in [1.82, 2.24) is 5.32 Å². The lowest BCUT2D eigenvalue weighted by atomic mass is 10.1. The largest absolute Gasteiger partial charge is 0.488 e. The van der Waals surface area contributed by atoms with Gasteiger partial charge < -0.3 is 10.1 Å². The fraction of sp³-hybridized carbons (Fsp3) is 0.600. The van der Waals surface area contributed by atoms with Gasteiger partial charge in [0, 0.05) is 18.3 Å². The molecule has 2 rings (SSSR count). The molecule has 0 aliphatic carbocycles. The highest BCUT2D eigenvalue weighted by Crippen LogP contribution is 2.29. The summed E-state index contributed by atoms with van der Waals surface area (Å²) in [5.41, 5.74) is 2.68. The van der Waals surface area contributed by atoms with Gasteiger partial charge in [0.2, 0.25) is 0 Å². The van der Waals surface area contributed by atoms with Crippen LogP contribution >= 0.6 is 15.9 Å². The molecule has 2 nitrogen and oxygen atoms in total. The van der Waals surface area contributed by atoms with Crippen LogP contribution in [0.2, 0.25) is 0 Å². The summed E-state index contributed by atoms with van der Waals surface area (Å²) in [6.07, 6.45) is 5.18. The number of alkyl halides is 1. The van der Waals surface area contributed by atoms with E-state index in [1.165, 1.54) is 30.4 Å². The quantitative estimate of drug-likeness (QED) is 0.615. The Morgan fingerprint density at radius 2 is 2.22 bits per heavy atom. The summed E-state index contributed by atoms with van der Waals surface area (Å²) in [5.74, 6) is 1.08. The lowest BCUT2D eigenvalue weighted by Crippen LogP contribution is -2.30. The van der Waals surface area contributed by atoms with E-state index in [9.17, 15) is 0 Å². The molecule has 0 spiro atoms. The molecule has 0 bridgehead atoms. The average molecular weight is 312 g/mol. The maximum Gasteiger partial charge on any atom is 0.123 e. The molecule has 100 valence electrons. The fourth-order valence-electron chi connectivity index (χ4n) is 2.35. The third-order valence-corrected chi connectivity index (χ3v) is 3.88. The molecule has 3 heteroatoms. The zero-order valence-corrected chi connectivity index (χ0v) is 12.6. The Morgan fingerprint density at radius 3 is 3.06 bits per heavy atom. The van der Waals surface area contributed by atoms with Crippen molar-refractivity contribution in [3.63, 3.8) is 0 Å². The van der Waals surface area contributed by atoms with Gasteiger partial charge >= 0.3 is 0 Å². The number of halogens is 1. The molecule has 0 saturated carbocycles.